The fraction of sp³-hybridized carbons (Fsp3) is 0.222. The second kappa shape index (κ2) is 7.83. The molecule has 2 aromatic carbocycles. The van der Waals surface area contributed by atoms with Gasteiger partial charge in [0.25, 0.3) is 5.91 Å². The number of nitrogens with one attached hydrogen (secondary N) is 1. The minimum Gasteiger partial charge on any atom is -0.452 e. The minimum atomic E-state index is -4.40. The average Bonchev–Trinajstić information content (AvgIpc) is 2.58. The van der Waals surface area contributed by atoms with Crippen LogP contribution in [-0.2, 0) is 22.3 Å². The van der Waals surface area contributed by atoms with Gasteiger partial charge in [-0.1, -0.05) is 30.3 Å². The molecule has 0 aliphatic carbocycles. The number of amides is 1. The number of halogens is 3. The van der Waals surface area contributed by atoms with Crippen molar-refractivity contribution in [2.45, 2.75) is 19.6 Å². The molecule has 132 valence electrons. The molecule has 7 heteroatoms. The lowest BCUT2D eigenvalue weighted by Gasteiger charge is -2.09. The van der Waals surface area contributed by atoms with E-state index in [1.807, 2.05) is 0 Å². The van der Waals surface area contributed by atoms with Crippen molar-refractivity contribution in [2.24, 2.45) is 0 Å². The topological polar surface area (TPSA) is 55.4 Å². The van der Waals surface area contributed by atoms with E-state index in [-0.39, 0.29) is 6.54 Å². The van der Waals surface area contributed by atoms with Gasteiger partial charge in [-0.15, -0.1) is 0 Å². The molecule has 2 aromatic rings. The Balaban J connectivity index is 1.81. The number of hydrogen-bond donors (Lipinski definition) is 1. The van der Waals surface area contributed by atoms with E-state index in [1.165, 1.54) is 12.1 Å². The predicted molar refractivity (Wildman–Crippen MR) is 84.8 cm³/mol. The Morgan fingerprint density at radius 1 is 1.04 bits per heavy atom. The minimum absolute atomic E-state index is 0.0406. The van der Waals surface area contributed by atoms with Crippen molar-refractivity contribution in [3.63, 3.8) is 0 Å². The van der Waals surface area contributed by atoms with Crippen molar-refractivity contribution < 1.29 is 27.5 Å². The summed E-state index contributed by atoms with van der Waals surface area (Å²) in [4.78, 5) is 23.6. The lowest BCUT2D eigenvalue weighted by Crippen LogP contribution is -2.28. The summed E-state index contributed by atoms with van der Waals surface area (Å²) >= 11 is 0. The SMILES string of the molecule is Cc1ccccc1C(=O)OCC(=O)NCc1ccc(C(F)(F)F)cc1. The van der Waals surface area contributed by atoms with Gasteiger partial charge < -0.3 is 10.1 Å². The zero-order valence-electron chi connectivity index (χ0n) is 13.4. The third kappa shape index (κ3) is 5.34. The number of ether oxygens (including phenoxy) is 1. The standard InChI is InChI=1S/C18H16F3NO3/c1-12-4-2-3-5-15(12)17(24)25-11-16(23)22-10-13-6-8-14(9-7-13)18(19,20)21/h2-9H,10-11H2,1H3,(H,22,23). The molecule has 0 aliphatic rings. The maximum atomic E-state index is 12.5. The number of aryl methyl sites for hydroxylation is 1. The molecule has 0 bridgehead atoms. The van der Waals surface area contributed by atoms with Crippen LogP contribution in [0.3, 0.4) is 0 Å². The lowest BCUT2D eigenvalue weighted by atomic mass is 10.1. The molecular weight excluding hydrogens is 335 g/mol. The summed E-state index contributed by atoms with van der Waals surface area (Å²) in [6.45, 7) is 1.33. The number of carbonyl (C=O) groups excluding carboxylic acids is 2. The predicted octanol–water partition coefficient (Wildman–Crippen LogP) is 3.49. The first kappa shape index (κ1) is 18.5. The Bertz CT molecular complexity index is 755. The van der Waals surface area contributed by atoms with Gasteiger partial charge in [-0.05, 0) is 36.2 Å². The van der Waals surface area contributed by atoms with E-state index in [9.17, 15) is 22.8 Å². The summed E-state index contributed by atoms with van der Waals surface area (Å²) in [5.41, 5.74) is 0.858. The molecule has 0 unspecified atom stereocenters. The normalized spacial score (nSPS) is 11.0. The molecule has 0 radical (unpaired) electrons. The maximum absolute atomic E-state index is 12.5. The highest BCUT2D eigenvalue weighted by Crippen LogP contribution is 2.29. The molecule has 0 spiro atoms. The fourth-order valence-corrected chi connectivity index (χ4v) is 2.07. The van der Waals surface area contributed by atoms with Crippen molar-refractivity contribution >= 4 is 11.9 Å². The van der Waals surface area contributed by atoms with Crippen LogP contribution in [0.1, 0.15) is 27.0 Å². The average molecular weight is 351 g/mol. The van der Waals surface area contributed by atoms with E-state index in [0.717, 1.165) is 17.7 Å². The molecule has 0 fully saturated rings. The zero-order chi connectivity index (χ0) is 18.4. The molecule has 1 N–H and O–H groups in total. The van der Waals surface area contributed by atoms with Crippen LogP contribution in [0.25, 0.3) is 0 Å². The van der Waals surface area contributed by atoms with E-state index in [0.29, 0.717) is 11.1 Å². The highest BCUT2D eigenvalue weighted by atomic mass is 19.4. The van der Waals surface area contributed by atoms with Crippen molar-refractivity contribution in [1.82, 2.24) is 5.32 Å². The van der Waals surface area contributed by atoms with E-state index >= 15 is 0 Å². The van der Waals surface area contributed by atoms with Gasteiger partial charge in [0.1, 0.15) is 0 Å². The molecule has 4 nitrogen and oxygen atoms in total. The zero-order valence-corrected chi connectivity index (χ0v) is 13.4. The van der Waals surface area contributed by atoms with Crippen molar-refractivity contribution in [1.29, 1.82) is 0 Å². The summed E-state index contributed by atoms with van der Waals surface area (Å²) < 4.78 is 42.3. The van der Waals surface area contributed by atoms with Crippen molar-refractivity contribution in [3.8, 4) is 0 Å². The van der Waals surface area contributed by atoms with E-state index in [4.69, 9.17) is 4.74 Å². The number of benzene rings is 2. The summed E-state index contributed by atoms with van der Waals surface area (Å²) in [6.07, 6.45) is -4.40. The maximum Gasteiger partial charge on any atom is 0.416 e. The quantitative estimate of drug-likeness (QED) is 0.839. The Morgan fingerprint density at radius 2 is 1.68 bits per heavy atom. The van der Waals surface area contributed by atoms with Crippen LogP contribution in [0, 0.1) is 6.92 Å². The number of rotatable bonds is 5. The third-order valence-corrected chi connectivity index (χ3v) is 3.47. The Hall–Kier alpha value is -2.83. The van der Waals surface area contributed by atoms with Crippen LogP contribution in [0.5, 0.6) is 0 Å². The third-order valence-electron chi connectivity index (χ3n) is 3.47. The lowest BCUT2D eigenvalue weighted by molar-refractivity contribution is -0.137. The highest BCUT2D eigenvalue weighted by molar-refractivity contribution is 5.92. The van der Waals surface area contributed by atoms with Gasteiger partial charge in [0.15, 0.2) is 6.61 Å². The molecule has 0 saturated heterocycles. The van der Waals surface area contributed by atoms with Gasteiger partial charge in [-0.2, -0.15) is 13.2 Å². The fourth-order valence-electron chi connectivity index (χ4n) is 2.07. The Morgan fingerprint density at radius 3 is 2.28 bits per heavy atom. The highest BCUT2D eigenvalue weighted by Gasteiger charge is 2.29. The molecule has 1 amide bonds. The van der Waals surface area contributed by atoms with E-state index in [2.05, 4.69) is 5.32 Å². The number of alkyl halides is 3. The Kier molecular flexibility index (Phi) is 5.80. The second-order valence-corrected chi connectivity index (χ2v) is 5.36. The molecule has 0 saturated carbocycles. The van der Waals surface area contributed by atoms with Gasteiger partial charge in [0, 0.05) is 6.54 Å². The van der Waals surface area contributed by atoms with Crippen molar-refractivity contribution in [2.75, 3.05) is 6.61 Å². The Labute approximate surface area is 142 Å². The molecule has 2 rings (SSSR count). The van der Waals surface area contributed by atoms with Gasteiger partial charge in [-0.25, -0.2) is 4.79 Å². The molecule has 0 atom stereocenters. The summed E-state index contributed by atoms with van der Waals surface area (Å²) in [5, 5.41) is 2.48. The first-order chi connectivity index (χ1) is 11.8. The van der Waals surface area contributed by atoms with Crippen LogP contribution < -0.4 is 5.32 Å². The molecular formula is C18H16F3NO3. The van der Waals surface area contributed by atoms with Crippen LogP contribution in [0.2, 0.25) is 0 Å². The van der Waals surface area contributed by atoms with Crippen LogP contribution in [0.4, 0.5) is 13.2 Å². The number of carbonyl (C=O) groups is 2. The molecule has 25 heavy (non-hydrogen) atoms. The van der Waals surface area contributed by atoms with Crippen LogP contribution in [0.15, 0.2) is 48.5 Å². The van der Waals surface area contributed by atoms with Gasteiger partial charge in [0.05, 0.1) is 11.1 Å². The summed E-state index contributed by atoms with van der Waals surface area (Å²) in [7, 11) is 0. The summed E-state index contributed by atoms with van der Waals surface area (Å²) in [6, 6.07) is 11.3. The monoisotopic (exact) mass is 351 g/mol. The summed E-state index contributed by atoms with van der Waals surface area (Å²) in [5.74, 6) is -1.15. The van der Waals surface area contributed by atoms with E-state index in [1.54, 1.807) is 31.2 Å². The molecule has 0 aromatic heterocycles. The van der Waals surface area contributed by atoms with Crippen LogP contribution in [-0.4, -0.2) is 18.5 Å². The van der Waals surface area contributed by atoms with Gasteiger partial charge >= 0.3 is 12.1 Å². The van der Waals surface area contributed by atoms with Crippen LogP contribution >= 0.6 is 0 Å². The second-order valence-electron chi connectivity index (χ2n) is 5.36. The first-order valence-electron chi connectivity index (χ1n) is 7.43. The number of esters is 1. The van der Waals surface area contributed by atoms with Gasteiger partial charge in [0.2, 0.25) is 0 Å². The van der Waals surface area contributed by atoms with Gasteiger partial charge in [-0.3, -0.25) is 4.79 Å². The van der Waals surface area contributed by atoms with E-state index < -0.39 is 30.2 Å². The largest absolute Gasteiger partial charge is 0.452 e. The molecule has 0 aliphatic heterocycles. The first-order valence-corrected chi connectivity index (χ1v) is 7.43. The number of hydrogen-bond acceptors (Lipinski definition) is 3. The smallest absolute Gasteiger partial charge is 0.416 e. The van der Waals surface area contributed by atoms with Crippen molar-refractivity contribution in [3.05, 3.63) is 70.8 Å². The molecule has 0 heterocycles.